The van der Waals surface area contributed by atoms with E-state index in [0.717, 1.165) is 12.0 Å². The zero-order valence-electron chi connectivity index (χ0n) is 9.19. The Kier molecular flexibility index (Phi) is 4.31. The molecule has 1 unspecified atom stereocenters. The minimum atomic E-state index is -0.498. The summed E-state index contributed by atoms with van der Waals surface area (Å²) < 4.78 is 5.10. The van der Waals surface area contributed by atoms with E-state index in [0.29, 0.717) is 12.0 Å². The first-order chi connectivity index (χ1) is 7.15. The number of aryl methyl sites for hydroxylation is 1. The number of hydrogen-bond acceptors (Lipinski definition) is 3. The first kappa shape index (κ1) is 11.7. The number of carbonyl (C=O) groups excluding carboxylic acids is 1. The fraction of sp³-hybridized carbons (Fsp3) is 0.417. The Morgan fingerprint density at radius 1 is 1.47 bits per heavy atom. The molecule has 82 valence electrons. The van der Waals surface area contributed by atoms with E-state index in [9.17, 15) is 4.79 Å². The van der Waals surface area contributed by atoms with Crippen molar-refractivity contribution in [1.82, 2.24) is 0 Å². The lowest BCUT2D eigenvalue weighted by atomic mass is 10.1. The standard InChI is InChI=1S/C12H17NO2/c1-3-6-11(13)15-12(14)10-8-5-4-7-9(10)2/h4-5,7-8,11H,3,6,13H2,1-2H3. The minimum absolute atomic E-state index is 0.339. The lowest BCUT2D eigenvalue weighted by molar-refractivity contribution is 0.0295. The molecule has 0 aliphatic carbocycles. The quantitative estimate of drug-likeness (QED) is 0.608. The highest BCUT2D eigenvalue weighted by atomic mass is 16.6. The molecule has 0 amide bonds. The van der Waals surface area contributed by atoms with Crippen molar-refractivity contribution in [1.29, 1.82) is 0 Å². The Morgan fingerprint density at radius 3 is 2.73 bits per heavy atom. The van der Waals surface area contributed by atoms with Crippen LogP contribution in [0.5, 0.6) is 0 Å². The summed E-state index contributed by atoms with van der Waals surface area (Å²) in [5.41, 5.74) is 7.13. The number of esters is 1. The Balaban J connectivity index is 2.65. The van der Waals surface area contributed by atoms with Gasteiger partial charge in [-0.15, -0.1) is 0 Å². The normalized spacial score (nSPS) is 12.2. The van der Waals surface area contributed by atoms with Gasteiger partial charge in [0.05, 0.1) is 5.56 Å². The number of benzene rings is 1. The van der Waals surface area contributed by atoms with Crippen molar-refractivity contribution in [3.63, 3.8) is 0 Å². The van der Waals surface area contributed by atoms with Crippen LogP contribution in [0.3, 0.4) is 0 Å². The van der Waals surface area contributed by atoms with Crippen LogP contribution >= 0.6 is 0 Å². The minimum Gasteiger partial charge on any atom is -0.443 e. The SMILES string of the molecule is CCCC(N)OC(=O)c1ccccc1C. The van der Waals surface area contributed by atoms with Gasteiger partial charge in [-0.25, -0.2) is 4.79 Å². The molecule has 0 saturated heterocycles. The van der Waals surface area contributed by atoms with Crippen molar-refractivity contribution in [3.05, 3.63) is 35.4 Å². The molecule has 3 heteroatoms. The molecule has 1 aromatic rings. The predicted molar refractivity (Wildman–Crippen MR) is 59.5 cm³/mol. The van der Waals surface area contributed by atoms with E-state index >= 15 is 0 Å². The molecule has 0 aliphatic rings. The van der Waals surface area contributed by atoms with Gasteiger partial charge < -0.3 is 4.74 Å². The van der Waals surface area contributed by atoms with E-state index < -0.39 is 6.23 Å². The van der Waals surface area contributed by atoms with Gasteiger partial charge in [0.1, 0.15) is 0 Å². The highest BCUT2D eigenvalue weighted by Gasteiger charge is 2.12. The first-order valence-corrected chi connectivity index (χ1v) is 5.17. The van der Waals surface area contributed by atoms with E-state index in [-0.39, 0.29) is 5.97 Å². The molecule has 0 fully saturated rings. The van der Waals surface area contributed by atoms with Gasteiger partial charge in [-0.1, -0.05) is 31.5 Å². The fourth-order valence-corrected chi connectivity index (χ4v) is 1.35. The Morgan fingerprint density at radius 2 is 2.13 bits per heavy atom. The third-order valence-corrected chi connectivity index (χ3v) is 2.20. The highest BCUT2D eigenvalue weighted by Crippen LogP contribution is 2.10. The van der Waals surface area contributed by atoms with Crippen molar-refractivity contribution in [2.75, 3.05) is 0 Å². The van der Waals surface area contributed by atoms with Gasteiger partial charge in [0, 0.05) is 0 Å². The Hall–Kier alpha value is -1.35. The van der Waals surface area contributed by atoms with Gasteiger partial charge in [0.25, 0.3) is 0 Å². The van der Waals surface area contributed by atoms with Crippen LogP contribution in [0, 0.1) is 6.92 Å². The van der Waals surface area contributed by atoms with Crippen LogP contribution in [0.1, 0.15) is 35.7 Å². The smallest absolute Gasteiger partial charge is 0.339 e. The van der Waals surface area contributed by atoms with Gasteiger partial charge in [0.15, 0.2) is 6.23 Å². The summed E-state index contributed by atoms with van der Waals surface area (Å²) in [6.45, 7) is 3.88. The Labute approximate surface area is 90.2 Å². The maximum absolute atomic E-state index is 11.6. The summed E-state index contributed by atoms with van der Waals surface area (Å²) in [6.07, 6.45) is 1.10. The van der Waals surface area contributed by atoms with Crippen molar-refractivity contribution in [3.8, 4) is 0 Å². The van der Waals surface area contributed by atoms with Crippen LogP contribution in [0.4, 0.5) is 0 Å². The van der Waals surface area contributed by atoms with E-state index in [4.69, 9.17) is 10.5 Å². The number of nitrogens with two attached hydrogens (primary N) is 1. The second-order valence-electron chi connectivity index (χ2n) is 3.55. The second-order valence-corrected chi connectivity index (χ2v) is 3.55. The van der Waals surface area contributed by atoms with Crippen molar-refractivity contribution < 1.29 is 9.53 Å². The average Bonchev–Trinajstić information content (AvgIpc) is 2.18. The molecule has 0 heterocycles. The zero-order chi connectivity index (χ0) is 11.3. The monoisotopic (exact) mass is 207 g/mol. The summed E-state index contributed by atoms with van der Waals surface area (Å²) in [5, 5.41) is 0. The second kappa shape index (κ2) is 5.51. The largest absolute Gasteiger partial charge is 0.443 e. The fourth-order valence-electron chi connectivity index (χ4n) is 1.35. The molecule has 1 aromatic carbocycles. The lowest BCUT2D eigenvalue weighted by Gasteiger charge is -2.12. The molecule has 0 saturated carbocycles. The van der Waals surface area contributed by atoms with Crippen molar-refractivity contribution in [2.24, 2.45) is 5.73 Å². The van der Waals surface area contributed by atoms with Crippen LogP contribution < -0.4 is 5.73 Å². The third-order valence-electron chi connectivity index (χ3n) is 2.20. The Bertz CT molecular complexity index is 336. The van der Waals surface area contributed by atoms with E-state index in [2.05, 4.69) is 0 Å². The maximum Gasteiger partial charge on any atom is 0.339 e. The molecular formula is C12H17NO2. The van der Waals surface area contributed by atoms with Gasteiger partial charge in [-0.05, 0) is 25.0 Å². The summed E-state index contributed by atoms with van der Waals surface area (Å²) in [6, 6.07) is 7.32. The van der Waals surface area contributed by atoms with Gasteiger partial charge in [-0.3, -0.25) is 5.73 Å². The molecule has 0 aromatic heterocycles. The van der Waals surface area contributed by atoms with Gasteiger partial charge in [0.2, 0.25) is 0 Å². The average molecular weight is 207 g/mol. The van der Waals surface area contributed by atoms with Crippen LogP contribution in [-0.2, 0) is 4.74 Å². The summed E-state index contributed by atoms with van der Waals surface area (Å²) >= 11 is 0. The molecule has 0 bridgehead atoms. The summed E-state index contributed by atoms with van der Waals surface area (Å²) in [5.74, 6) is -0.339. The molecule has 15 heavy (non-hydrogen) atoms. The number of hydrogen-bond donors (Lipinski definition) is 1. The molecular weight excluding hydrogens is 190 g/mol. The molecule has 2 N–H and O–H groups in total. The molecule has 0 spiro atoms. The van der Waals surface area contributed by atoms with Gasteiger partial charge >= 0.3 is 5.97 Å². The molecule has 3 nitrogen and oxygen atoms in total. The molecule has 0 radical (unpaired) electrons. The number of ether oxygens (including phenoxy) is 1. The van der Waals surface area contributed by atoms with Crippen molar-refractivity contribution >= 4 is 5.97 Å². The molecule has 1 atom stereocenters. The topological polar surface area (TPSA) is 52.3 Å². The summed E-state index contributed by atoms with van der Waals surface area (Å²) in [4.78, 5) is 11.6. The van der Waals surface area contributed by atoms with E-state index in [1.165, 1.54) is 0 Å². The van der Waals surface area contributed by atoms with Gasteiger partial charge in [-0.2, -0.15) is 0 Å². The first-order valence-electron chi connectivity index (χ1n) is 5.17. The van der Waals surface area contributed by atoms with Crippen LogP contribution in [-0.4, -0.2) is 12.2 Å². The number of rotatable bonds is 4. The van der Waals surface area contributed by atoms with Crippen LogP contribution in [0.2, 0.25) is 0 Å². The zero-order valence-corrected chi connectivity index (χ0v) is 9.19. The van der Waals surface area contributed by atoms with Crippen LogP contribution in [0.25, 0.3) is 0 Å². The van der Waals surface area contributed by atoms with Crippen LogP contribution in [0.15, 0.2) is 24.3 Å². The third kappa shape index (κ3) is 3.36. The van der Waals surface area contributed by atoms with E-state index in [1.54, 1.807) is 6.07 Å². The predicted octanol–water partition coefficient (Wildman–Crippen LogP) is 2.24. The van der Waals surface area contributed by atoms with E-state index in [1.807, 2.05) is 32.0 Å². The van der Waals surface area contributed by atoms with Crippen molar-refractivity contribution in [2.45, 2.75) is 32.9 Å². The number of carbonyl (C=O) groups is 1. The summed E-state index contributed by atoms with van der Waals surface area (Å²) in [7, 11) is 0. The molecule has 0 aliphatic heterocycles. The highest BCUT2D eigenvalue weighted by molar-refractivity contribution is 5.91. The molecule has 1 rings (SSSR count). The lowest BCUT2D eigenvalue weighted by Crippen LogP contribution is -2.27. The maximum atomic E-state index is 11.6.